The lowest BCUT2D eigenvalue weighted by Gasteiger charge is -2.29. The average molecular weight is 452 g/mol. The summed E-state index contributed by atoms with van der Waals surface area (Å²) in [5.74, 6) is 1.89. The van der Waals surface area contributed by atoms with E-state index in [-0.39, 0.29) is 24.0 Å². The van der Waals surface area contributed by atoms with Crippen LogP contribution >= 0.6 is 24.0 Å². The maximum absolute atomic E-state index is 5.22. The monoisotopic (exact) mass is 452 g/mol. The summed E-state index contributed by atoms with van der Waals surface area (Å²) >= 11 is 0. The van der Waals surface area contributed by atoms with E-state index in [1.807, 2.05) is 0 Å². The Morgan fingerprint density at radius 2 is 1.96 bits per heavy atom. The standard InChI is InChI=1S/C18H36N4O.HI/c1-4-19-18(21-16-9-7-15(2)8-10-16)20-14-17-6-5-11-22(17)12-13-23-3;/h15-17H,4-14H2,1-3H3,(H2,19,20,21);1H. The van der Waals surface area contributed by atoms with Gasteiger partial charge in [0.05, 0.1) is 13.2 Å². The topological polar surface area (TPSA) is 48.9 Å². The van der Waals surface area contributed by atoms with Gasteiger partial charge in [-0.05, 0) is 57.9 Å². The predicted molar refractivity (Wildman–Crippen MR) is 112 cm³/mol. The van der Waals surface area contributed by atoms with E-state index in [2.05, 4.69) is 29.4 Å². The minimum absolute atomic E-state index is 0. The molecule has 0 aromatic rings. The lowest BCUT2D eigenvalue weighted by molar-refractivity contribution is 0.142. The Labute approximate surface area is 165 Å². The number of guanidine groups is 1. The van der Waals surface area contributed by atoms with Crippen LogP contribution in [0.4, 0.5) is 0 Å². The van der Waals surface area contributed by atoms with Crippen LogP contribution in [0.25, 0.3) is 0 Å². The van der Waals surface area contributed by atoms with E-state index in [9.17, 15) is 0 Å². The summed E-state index contributed by atoms with van der Waals surface area (Å²) in [6, 6.07) is 1.17. The molecule has 142 valence electrons. The minimum Gasteiger partial charge on any atom is -0.383 e. The third-order valence-electron chi connectivity index (χ3n) is 5.24. The van der Waals surface area contributed by atoms with Crippen LogP contribution < -0.4 is 10.6 Å². The highest BCUT2D eigenvalue weighted by Crippen LogP contribution is 2.23. The van der Waals surface area contributed by atoms with Crippen molar-refractivity contribution >= 4 is 29.9 Å². The van der Waals surface area contributed by atoms with Gasteiger partial charge in [0.2, 0.25) is 0 Å². The molecule has 1 heterocycles. The largest absolute Gasteiger partial charge is 0.383 e. The first-order valence-electron chi connectivity index (χ1n) is 9.50. The Kier molecular flexibility index (Phi) is 11.3. The van der Waals surface area contributed by atoms with Crippen molar-refractivity contribution in [1.29, 1.82) is 0 Å². The van der Waals surface area contributed by atoms with Gasteiger partial charge in [-0.2, -0.15) is 0 Å². The molecular formula is C18H37IN4O. The number of ether oxygens (including phenoxy) is 1. The zero-order chi connectivity index (χ0) is 16.5. The van der Waals surface area contributed by atoms with Gasteiger partial charge in [0.1, 0.15) is 0 Å². The van der Waals surface area contributed by atoms with E-state index in [0.717, 1.165) is 38.1 Å². The maximum Gasteiger partial charge on any atom is 0.191 e. The summed E-state index contributed by atoms with van der Waals surface area (Å²) in [7, 11) is 1.78. The molecule has 2 fully saturated rings. The second-order valence-corrected chi connectivity index (χ2v) is 7.15. The normalized spacial score (nSPS) is 28.5. The van der Waals surface area contributed by atoms with Gasteiger partial charge in [0, 0.05) is 32.3 Å². The van der Waals surface area contributed by atoms with E-state index >= 15 is 0 Å². The molecule has 0 aromatic carbocycles. The Balaban J connectivity index is 0.00000288. The Morgan fingerprint density at radius 1 is 1.21 bits per heavy atom. The zero-order valence-corrected chi connectivity index (χ0v) is 18.1. The van der Waals surface area contributed by atoms with Gasteiger partial charge in [0.15, 0.2) is 5.96 Å². The third kappa shape index (κ3) is 7.44. The van der Waals surface area contributed by atoms with Crippen molar-refractivity contribution in [2.45, 2.75) is 64.5 Å². The molecule has 0 spiro atoms. The third-order valence-corrected chi connectivity index (χ3v) is 5.24. The zero-order valence-electron chi connectivity index (χ0n) is 15.7. The molecule has 6 heteroatoms. The first-order valence-corrected chi connectivity index (χ1v) is 9.50. The molecule has 1 saturated heterocycles. The van der Waals surface area contributed by atoms with Crippen molar-refractivity contribution in [3.63, 3.8) is 0 Å². The summed E-state index contributed by atoms with van der Waals surface area (Å²) in [4.78, 5) is 7.41. The number of nitrogens with one attached hydrogen (secondary N) is 2. The minimum atomic E-state index is 0. The number of likely N-dealkylation sites (tertiary alicyclic amines) is 1. The highest BCUT2D eigenvalue weighted by atomic mass is 127. The fourth-order valence-electron chi connectivity index (χ4n) is 3.72. The molecule has 1 aliphatic carbocycles. The summed E-state index contributed by atoms with van der Waals surface area (Å²) in [5.41, 5.74) is 0. The van der Waals surface area contributed by atoms with Crippen molar-refractivity contribution in [2.24, 2.45) is 10.9 Å². The first-order chi connectivity index (χ1) is 11.2. The van der Waals surface area contributed by atoms with E-state index in [1.165, 1.54) is 45.1 Å². The van der Waals surface area contributed by atoms with Crippen LogP contribution in [-0.4, -0.2) is 62.8 Å². The molecule has 0 amide bonds. The summed E-state index contributed by atoms with van der Waals surface area (Å²) in [6.07, 6.45) is 7.76. The molecule has 0 aromatic heterocycles. The highest BCUT2D eigenvalue weighted by molar-refractivity contribution is 14.0. The quantitative estimate of drug-likeness (QED) is 0.355. The van der Waals surface area contributed by atoms with E-state index in [0.29, 0.717) is 12.1 Å². The SMILES string of the molecule is CCNC(=NCC1CCCN1CCOC)NC1CCC(C)CC1.I. The van der Waals surface area contributed by atoms with Crippen molar-refractivity contribution in [3.8, 4) is 0 Å². The van der Waals surface area contributed by atoms with Crippen LogP contribution in [0.5, 0.6) is 0 Å². The number of hydrogen-bond donors (Lipinski definition) is 2. The molecule has 2 rings (SSSR count). The van der Waals surface area contributed by atoms with Crippen LogP contribution in [0, 0.1) is 5.92 Å². The van der Waals surface area contributed by atoms with Gasteiger partial charge in [-0.25, -0.2) is 0 Å². The Morgan fingerprint density at radius 3 is 2.62 bits per heavy atom. The number of methoxy groups -OCH3 is 1. The lowest BCUT2D eigenvalue weighted by Crippen LogP contribution is -2.45. The molecule has 1 saturated carbocycles. The molecule has 5 nitrogen and oxygen atoms in total. The second kappa shape index (κ2) is 12.3. The maximum atomic E-state index is 5.22. The molecule has 24 heavy (non-hydrogen) atoms. The molecule has 0 radical (unpaired) electrons. The number of nitrogens with zero attached hydrogens (tertiary/aromatic N) is 2. The van der Waals surface area contributed by atoms with Gasteiger partial charge < -0.3 is 15.4 Å². The highest BCUT2D eigenvalue weighted by Gasteiger charge is 2.24. The van der Waals surface area contributed by atoms with Gasteiger partial charge in [-0.1, -0.05) is 6.92 Å². The summed E-state index contributed by atoms with van der Waals surface area (Å²) in [6.45, 7) is 9.36. The first kappa shape index (κ1) is 22.0. The van der Waals surface area contributed by atoms with Crippen molar-refractivity contribution < 1.29 is 4.74 Å². The molecule has 1 atom stereocenters. The number of halogens is 1. The molecule has 0 bridgehead atoms. The van der Waals surface area contributed by atoms with Crippen LogP contribution in [0.15, 0.2) is 4.99 Å². The smallest absolute Gasteiger partial charge is 0.191 e. The molecular weight excluding hydrogens is 415 g/mol. The fraction of sp³-hybridized carbons (Fsp3) is 0.944. The van der Waals surface area contributed by atoms with Crippen LogP contribution in [0.3, 0.4) is 0 Å². The number of aliphatic imine (C=N–C) groups is 1. The van der Waals surface area contributed by atoms with E-state index in [4.69, 9.17) is 9.73 Å². The van der Waals surface area contributed by atoms with Gasteiger partial charge in [-0.3, -0.25) is 9.89 Å². The van der Waals surface area contributed by atoms with E-state index < -0.39 is 0 Å². The van der Waals surface area contributed by atoms with Crippen LogP contribution in [0.2, 0.25) is 0 Å². The number of rotatable bonds is 7. The van der Waals surface area contributed by atoms with Gasteiger partial charge in [-0.15, -0.1) is 24.0 Å². The van der Waals surface area contributed by atoms with Crippen LogP contribution in [-0.2, 0) is 4.74 Å². The number of hydrogen-bond acceptors (Lipinski definition) is 3. The fourth-order valence-corrected chi connectivity index (χ4v) is 3.72. The summed E-state index contributed by atoms with van der Waals surface area (Å²) in [5, 5.41) is 7.07. The second-order valence-electron chi connectivity index (χ2n) is 7.15. The van der Waals surface area contributed by atoms with Crippen molar-refractivity contribution in [3.05, 3.63) is 0 Å². The van der Waals surface area contributed by atoms with Crippen LogP contribution in [0.1, 0.15) is 52.4 Å². The molecule has 1 aliphatic heterocycles. The van der Waals surface area contributed by atoms with Gasteiger partial charge >= 0.3 is 0 Å². The Hall–Kier alpha value is -0.0800. The average Bonchev–Trinajstić information content (AvgIpc) is 3.00. The molecule has 2 aliphatic rings. The predicted octanol–water partition coefficient (Wildman–Crippen LogP) is 2.85. The van der Waals surface area contributed by atoms with E-state index in [1.54, 1.807) is 7.11 Å². The lowest BCUT2D eigenvalue weighted by atomic mass is 9.87. The Bertz CT molecular complexity index is 359. The van der Waals surface area contributed by atoms with Crippen molar-refractivity contribution in [2.75, 3.05) is 39.9 Å². The van der Waals surface area contributed by atoms with Gasteiger partial charge in [0.25, 0.3) is 0 Å². The molecule has 1 unspecified atom stereocenters. The molecule has 2 N–H and O–H groups in total. The summed E-state index contributed by atoms with van der Waals surface area (Å²) < 4.78 is 5.22. The van der Waals surface area contributed by atoms with Crippen molar-refractivity contribution in [1.82, 2.24) is 15.5 Å².